The zero-order valence-corrected chi connectivity index (χ0v) is 21.2. The fraction of sp³-hybridized carbons (Fsp3) is 0.185. The van der Waals surface area contributed by atoms with Crippen LogP contribution in [-0.2, 0) is 6.54 Å². The first-order chi connectivity index (χ1) is 18.4. The number of nitrogens with one attached hydrogen (secondary N) is 2. The van der Waals surface area contributed by atoms with E-state index in [1.54, 1.807) is 12.1 Å². The molecule has 2 heterocycles. The van der Waals surface area contributed by atoms with Crippen LogP contribution in [0.4, 0.5) is 20.6 Å². The van der Waals surface area contributed by atoms with E-state index in [-0.39, 0.29) is 16.6 Å². The predicted octanol–water partition coefficient (Wildman–Crippen LogP) is 4.19. The van der Waals surface area contributed by atoms with Gasteiger partial charge in [-0.2, -0.15) is 0 Å². The van der Waals surface area contributed by atoms with E-state index < -0.39 is 12.0 Å². The monoisotopic (exact) mass is 530 g/mol. The van der Waals surface area contributed by atoms with Crippen molar-refractivity contribution in [3.8, 4) is 0 Å². The summed E-state index contributed by atoms with van der Waals surface area (Å²) < 4.78 is 0. The molecule has 1 saturated heterocycles. The van der Waals surface area contributed by atoms with Gasteiger partial charge in [-0.05, 0) is 40.6 Å². The first-order valence-electron chi connectivity index (χ1n) is 12.0. The summed E-state index contributed by atoms with van der Waals surface area (Å²) in [7, 11) is 0. The average molecular weight is 531 g/mol. The number of fused-ring (bicyclic) bond motifs is 1. The summed E-state index contributed by atoms with van der Waals surface area (Å²) in [5.74, 6) is -1.11. The van der Waals surface area contributed by atoms with Crippen LogP contribution in [-0.4, -0.2) is 64.0 Å². The summed E-state index contributed by atoms with van der Waals surface area (Å²) >= 11 is 1.13. The molecule has 5 rings (SSSR count). The molecule has 3 aromatic carbocycles. The lowest BCUT2D eigenvalue weighted by molar-refractivity contribution is 0.0995. The molecule has 38 heavy (non-hydrogen) atoms. The Morgan fingerprint density at radius 2 is 1.66 bits per heavy atom. The quantitative estimate of drug-likeness (QED) is 0.281. The van der Waals surface area contributed by atoms with Crippen LogP contribution in [0.5, 0.6) is 0 Å². The summed E-state index contributed by atoms with van der Waals surface area (Å²) in [5.41, 5.74) is 7.76. The largest absolute Gasteiger partial charge is 0.465 e. The van der Waals surface area contributed by atoms with E-state index in [1.165, 1.54) is 4.90 Å². The van der Waals surface area contributed by atoms with Crippen molar-refractivity contribution in [1.29, 1.82) is 0 Å². The summed E-state index contributed by atoms with van der Waals surface area (Å²) in [6.45, 7) is 2.94. The van der Waals surface area contributed by atoms with E-state index in [1.807, 2.05) is 54.6 Å². The minimum Gasteiger partial charge on any atom is -0.465 e. The molecular weight excluding hydrogens is 504 g/mol. The Morgan fingerprint density at radius 3 is 2.34 bits per heavy atom. The number of piperazine rings is 1. The zero-order valence-electron chi connectivity index (χ0n) is 20.4. The second-order valence-electron chi connectivity index (χ2n) is 8.94. The highest BCUT2D eigenvalue weighted by Gasteiger charge is 2.21. The summed E-state index contributed by atoms with van der Waals surface area (Å²) in [6, 6.07) is 21.0. The highest BCUT2D eigenvalue weighted by Crippen LogP contribution is 2.32. The number of primary amides is 1. The molecule has 1 aliphatic rings. The van der Waals surface area contributed by atoms with Crippen molar-refractivity contribution in [2.24, 2.45) is 5.73 Å². The Hall–Kier alpha value is -4.48. The van der Waals surface area contributed by atoms with Gasteiger partial charge in [0.1, 0.15) is 5.00 Å². The number of benzene rings is 3. The Kier molecular flexibility index (Phi) is 7.20. The van der Waals surface area contributed by atoms with Crippen molar-refractivity contribution in [3.05, 3.63) is 83.6 Å². The molecule has 0 bridgehead atoms. The standard InChI is InChI=1S/C27H26N6O4S/c28-23(34)22-25(38-26(30-22)29-21-10-9-18-3-1-2-4-20(18)15-21)31-24(35)19-7-5-17(6-8-19)16-32-11-13-33(14-12-32)27(36)37/h1-10,15H,11-14,16H2,(H2,28,34)(H,29,30)(H,31,35)(H,36,37). The number of hydrogen-bond donors (Lipinski definition) is 4. The van der Waals surface area contributed by atoms with Crippen molar-refractivity contribution < 1.29 is 19.5 Å². The Bertz CT molecular complexity index is 1500. The molecule has 0 unspecified atom stereocenters. The number of carboxylic acid groups (broad SMARTS) is 1. The lowest BCUT2D eigenvalue weighted by Gasteiger charge is -2.33. The Balaban J connectivity index is 1.24. The van der Waals surface area contributed by atoms with Crippen LogP contribution < -0.4 is 16.4 Å². The van der Waals surface area contributed by atoms with Crippen molar-refractivity contribution in [2.75, 3.05) is 36.8 Å². The van der Waals surface area contributed by atoms with Crippen molar-refractivity contribution >= 4 is 55.8 Å². The maximum absolute atomic E-state index is 12.9. The molecule has 0 radical (unpaired) electrons. The summed E-state index contributed by atoms with van der Waals surface area (Å²) in [6.07, 6.45) is -0.892. The van der Waals surface area contributed by atoms with Gasteiger partial charge in [-0.1, -0.05) is 53.8 Å². The van der Waals surface area contributed by atoms with E-state index in [0.29, 0.717) is 43.4 Å². The SMILES string of the molecule is NC(=O)c1nc(Nc2ccc3ccccc3c2)sc1NC(=O)c1ccc(CN2CCN(C(=O)O)CC2)cc1. The molecular formula is C27H26N6O4S. The number of carbonyl (C=O) groups is 3. The molecule has 11 heteroatoms. The van der Waals surface area contributed by atoms with Gasteiger partial charge in [-0.25, -0.2) is 9.78 Å². The van der Waals surface area contributed by atoms with Gasteiger partial charge < -0.3 is 26.4 Å². The number of thiazole rings is 1. The van der Waals surface area contributed by atoms with Crippen molar-refractivity contribution in [1.82, 2.24) is 14.8 Å². The Morgan fingerprint density at radius 1 is 0.947 bits per heavy atom. The topological polar surface area (TPSA) is 141 Å². The van der Waals surface area contributed by atoms with Crippen molar-refractivity contribution in [3.63, 3.8) is 0 Å². The third-order valence-corrected chi connectivity index (χ3v) is 7.24. The average Bonchev–Trinajstić information content (AvgIpc) is 3.31. The number of aromatic nitrogens is 1. The maximum Gasteiger partial charge on any atom is 0.407 e. The van der Waals surface area contributed by atoms with Crippen LogP contribution >= 0.6 is 11.3 Å². The molecule has 3 amide bonds. The fourth-order valence-corrected chi connectivity index (χ4v) is 5.19. The van der Waals surface area contributed by atoms with E-state index in [0.717, 1.165) is 33.4 Å². The molecule has 10 nitrogen and oxygen atoms in total. The van der Waals surface area contributed by atoms with Crippen LogP contribution in [0.1, 0.15) is 26.4 Å². The number of amides is 3. The smallest absolute Gasteiger partial charge is 0.407 e. The highest BCUT2D eigenvalue weighted by atomic mass is 32.1. The number of carbonyl (C=O) groups excluding carboxylic acids is 2. The van der Waals surface area contributed by atoms with Gasteiger partial charge in [0.25, 0.3) is 11.8 Å². The second-order valence-corrected chi connectivity index (χ2v) is 9.94. The van der Waals surface area contributed by atoms with Gasteiger partial charge in [0.2, 0.25) is 0 Å². The van der Waals surface area contributed by atoms with Crippen LogP contribution in [0.25, 0.3) is 10.8 Å². The number of rotatable bonds is 7. The molecule has 0 spiro atoms. The van der Waals surface area contributed by atoms with E-state index in [9.17, 15) is 14.4 Å². The van der Waals surface area contributed by atoms with Gasteiger partial charge >= 0.3 is 6.09 Å². The third-order valence-electron chi connectivity index (χ3n) is 6.35. The van der Waals surface area contributed by atoms with Crippen LogP contribution in [0, 0.1) is 0 Å². The number of nitrogens with two attached hydrogens (primary N) is 1. The molecule has 5 N–H and O–H groups in total. The molecule has 0 atom stereocenters. The molecule has 1 aliphatic heterocycles. The molecule has 194 valence electrons. The first kappa shape index (κ1) is 25.2. The lowest BCUT2D eigenvalue weighted by Crippen LogP contribution is -2.47. The molecule has 0 saturated carbocycles. The number of nitrogens with zero attached hydrogens (tertiary/aromatic N) is 3. The van der Waals surface area contributed by atoms with Gasteiger partial charge in [0, 0.05) is 44.0 Å². The zero-order chi connectivity index (χ0) is 26.6. The minimum atomic E-state index is -0.892. The van der Waals surface area contributed by atoms with E-state index in [2.05, 4.69) is 20.5 Å². The molecule has 1 aromatic heterocycles. The van der Waals surface area contributed by atoms with Gasteiger partial charge in [-0.15, -0.1) is 0 Å². The first-order valence-corrected chi connectivity index (χ1v) is 12.8. The normalized spacial score (nSPS) is 13.8. The van der Waals surface area contributed by atoms with Crippen molar-refractivity contribution in [2.45, 2.75) is 6.54 Å². The van der Waals surface area contributed by atoms with Gasteiger partial charge in [0.05, 0.1) is 0 Å². The third kappa shape index (κ3) is 5.74. The fourth-order valence-electron chi connectivity index (χ4n) is 4.31. The second kappa shape index (κ2) is 10.9. The molecule has 1 fully saturated rings. The van der Waals surface area contributed by atoms with Gasteiger partial charge in [-0.3, -0.25) is 14.5 Å². The number of hydrogen-bond acceptors (Lipinski definition) is 7. The van der Waals surface area contributed by atoms with E-state index >= 15 is 0 Å². The van der Waals surface area contributed by atoms with Crippen LogP contribution in [0.15, 0.2) is 66.7 Å². The molecule has 0 aliphatic carbocycles. The van der Waals surface area contributed by atoms with Gasteiger partial charge in [0.15, 0.2) is 10.8 Å². The minimum absolute atomic E-state index is 0.0104. The van der Waals surface area contributed by atoms with Crippen LogP contribution in [0.2, 0.25) is 0 Å². The Labute approximate surface area is 222 Å². The lowest BCUT2D eigenvalue weighted by atomic mass is 10.1. The number of anilines is 3. The highest BCUT2D eigenvalue weighted by molar-refractivity contribution is 7.20. The summed E-state index contributed by atoms with van der Waals surface area (Å²) in [5, 5.41) is 17.9. The van der Waals surface area contributed by atoms with Crippen LogP contribution in [0.3, 0.4) is 0 Å². The summed E-state index contributed by atoms with van der Waals surface area (Å²) in [4.78, 5) is 43.9. The maximum atomic E-state index is 12.9. The van der Waals surface area contributed by atoms with E-state index in [4.69, 9.17) is 10.8 Å². The predicted molar refractivity (Wildman–Crippen MR) is 147 cm³/mol. The molecule has 4 aromatic rings.